The van der Waals surface area contributed by atoms with Crippen LogP contribution in [0.3, 0.4) is 0 Å². The van der Waals surface area contributed by atoms with Crippen molar-refractivity contribution in [3.63, 3.8) is 0 Å². The standard InChI is InChI=1S/C10H20N2O3/c1-5-15-9(13)6-12(7(2)3)10(14)8(4)11/h7-8H,5-6,11H2,1-4H3/t8-/m0/s1. The van der Waals surface area contributed by atoms with Gasteiger partial charge in [-0.25, -0.2) is 0 Å². The molecule has 0 bridgehead atoms. The molecule has 0 aliphatic carbocycles. The molecule has 0 aliphatic heterocycles. The molecule has 0 unspecified atom stereocenters. The average Bonchev–Trinajstić information content (AvgIpc) is 2.13. The maximum Gasteiger partial charge on any atom is 0.325 e. The molecule has 0 rings (SSSR count). The molecule has 5 nitrogen and oxygen atoms in total. The summed E-state index contributed by atoms with van der Waals surface area (Å²) in [4.78, 5) is 24.3. The molecule has 88 valence electrons. The van der Waals surface area contributed by atoms with Crippen LogP contribution in [0, 0.1) is 0 Å². The van der Waals surface area contributed by atoms with Crippen molar-refractivity contribution in [3.05, 3.63) is 0 Å². The summed E-state index contributed by atoms with van der Waals surface area (Å²) in [6.45, 7) is 7.27. The van der Waals surface area contributed by atoms with Gasteiger partial charge in [-0.2, -0.15) is 0 Å². The summed E-state index contributed by atoms with van der Waals surface area (Å²) in [6, 6.07) is -0.658. The van der Waals surface area contributed by atoms with E-state index in [1.54, 1.807) is 13.8 Å². The molecule has 0 aromatic carbocycles. The van der Waals surface area contributed by atoms with Crippen LogP contribution in [0.25, 0.3) is 0 Å². The minimum Gasteiger partial charge on any atom is -0.465 e. The number of nitrogens with zero attached hydrogens (tertiary/aromatic N) is 1. The molecule has 1 atom stereocenters. The molecule has 0 radical (unpaired) electrons. The fraction of sp³-hybridized carbons (Fsp3) is 0.800. The average molecular weight is 216 g/mol. The van der Waals surface area contributed by atoms with Crippen molar-refractivity contribution in [2.24, 2.45) is 5.73 Å². The molecule has 0 aromatic heterocycles. The van der Waals surface area contributed by atoms with Crippen LogP contribution in [-0.2, 0) is 14.3 Å². The Kier molecular flexibility index (Phi) is 5.93. The number of carbonyl (C=O) groups excluding carboxylic acids is 2. The smallest absolute Gasteiger partial charge is 0.325 e. The molecular formula is C10H20N2O3. The minimum atomic E-state index is -0.596. The number of hydrogen-bond acceptors (Lipinski definition) is 4. The Bertz CT molecular complexity index is 227. The summed E-state index contributed by atoms with van der Waals surface area (Å²) in [5.74, 6) is -0.641. The van der Waals surface area contributed by atoms with Gasteiger partial charge >= 0.3 is 5.97 Å². The van der Waals surface area contributed by atoms with Gasteiger partial charge in [-0.15, -0.1) is 0 Å². The molecule has 0 fully saturated rings. The van der Waals surface area contributed by atoms with Gasteiger partial charge in [0.1, 0.15) is 6.54 Å². The van der Waals surface area contributed by atoms with Crippen LogP contribution in [0.5, 0.6) is 0 Å². The quantitative estimate of drug-likeness (QED) is 0.663. The van der Waals surface area contributed by atoms with Crippen molar-refractivity contribution in [2.75, 3.05) is 13.2 Å². The SMILES string of the molecule is CCOC(=O)CN(C(=O)[C@H](C)N)C(C)C. The molecule has 1 amide bonds. The minimum absolute atomic E-state index is 0.0358. The van der Waals surface area contributed by atoms with Gasteiger partial charge in [-0.1, -0.05) is 0 Å². The molecule has 5 heteroatoms. The third-order valence-electron chi connectivity index (χ3n) is 1.90. The van der Waals surface area contributed by atoms with Crippen molar-refractivity contribution in [1.29, 1.82) is 0 Å². The predicted octanol–water partition coefficient (Wildman–Crippen LogP) is 0.134. The Labute approximate surface area is 90.6 Å². The number of rotatable bonds is 5. The van der Waals surface area contributed by atoms with Crippen molar-refractivity contribution >= 4 is 11.9 Å². The summed E-state index contributed by atoms with van der Waals surface area (Å²) in [6.07, 6.45) is 0. The van der Waals surface area contributed by atoms with E-state index < -0.39 is 12.0 Å². The second-order valence-corrected chi connectivity index (χ2v) is 3.65. The maximum absolute atomic E-state index is 11.6. The first-order valence-corrected chi connectivity index (χ1v) is 5.11. The van der Waals surface area contributed by atoms with Crippen molar-refractivity contribution < 1.29 is 14.3 Å². The lowest BCUT2D eigenvalue weighted by atomic mass is 10.2. The van der Waals surface area contributed by atoms with Gasteiger partial charge in [-0.3, -0.25) is 9.59 Å². The van der Waals surface area contributed by atoms with E-state index in [0.29, 0.717) is 6.61 Å². The van der Waals surface area contributed by atoms with E-state index in [0.717, 1.165) is 0 Å². The summed E-state index contributed by atoms with van der Waals surface area (Å²) in [7, 11) is 0. The third kappa shape index (κ3) is 4.78. The monoisotopic (exact) mass is 216 g/mol. The fourth-order valence-electron chi connectivity index (χ4n) is 1.12. The lowest BCUT2D eigenvalue weighted by molar-refractivity contribution is -0.150. The van der Waals surface area contributed by atoms with Crippen molar-refractivity contribution in [2.45, 2.75) is 39.8 Å². The van der Waals surface area contributed by atoms with E-state index in [9.17, 15) is 9.59 Å². The van der Waals surface area contributed by atoms with Crippen LogP contribution >= 0.6 is 0 Å². The first-order valence-electron chi connectivity index (χ1n) is 5.11. The van der Waals surface area contributed by atoms with Gasteiger partial charge < -0.3 is 15.4 Å². The Morgan fingerprint density at radius 3 is 2.20 bits per heavy atom. The highest BCUT2D eigenvalue weighted by atomic mass is 16.5. The van der Waals surface area contributed by atoms with E-state index in [2.05, 4.69) is 0 Å². The molecule has 0 heterocycles. The largest absolute Gasteiger partial charge is 0.465 e. The molecule has 15 heavy (non-hydrogen) atoms. The predicted molar refractivity (Wildman–Crippen MR) is 57.1 cm³/mol. The van der Waals surface area contributed by atoms with E-state index in [1.807, 2.05) is 13.8 Å². The summed E-state index contributed by atoms with van der Waals surface area (Å²) < 4.78 is 4.78. The van der Waals surface area contributed by atoms with E-state index in [1.165, 1.54) is 4.90 Å². The molecule has 0 saturated heterocycles. The topological polar surface area (TPSA) is 72.6 Å². The number of hydrogen-bond donors (Lipinski definition) is 1. The maximum atomic E-state index is 11.6. The zero-order chi connectivity index (χ0) is 12.0. The fourth-order valence-corrected chi connectivity index (χ4v) is 1.12. The van der Waals surface area contributed by atoms with Crippen LogP contribution in [-0.4, -0.2) is 42.0 Å². The Morgan fingerprint density at radius 2 is 1.87 bits per heavy atom. The lowest BCUT2D eigenvalue weighted by Crippen LogP contribution is -2.48. The van der Waals surface area contributed by atoms with Crippen LogP contribution in [0.4, 0.5) is 0 Å². The normalized spacial score (nSPS) is 12.4. The van der Waals surface area contributed by atoms with Gasteiger partial charge in [0, 0.05) is 6.04 Å². The third-order valence-corrected chi connectivity index (χ3v) is 1.90. The number of esters is 1. The molecule has 0 spiro atoms. The molecular weight excluding hydrogens is 196 g/mol. The molecule has 0 aromatic rings. The molecule has 0 saturated carbocycles. The van der Waals surface area contributed by atoms with Gasteiger partial charge in [-0.05, 0) is 27.7 Å². The second-order valence-electron chi connectivity index (χ2n) is 3.65. The van der Waals surface area contributed by atoms with E-state index in [-0.39, 0.29) is 18.5 Å². The van der Waals surface area contributed by atoms with Gasteiger partial charge in [0.05, 0.1) is 12.6 Å². The molecule has 0 aliphatic rings. The van der Waals surface area contributed by atoms with E-state index in [4.69, 9.17) is 10.5 Å². The van der Waals surface area contributed by atoms with Crippen LogP contribution < -0.4 is 5.73 Å². The summed E-state index contributed by atoms with van der Waals surface area (Å²) in [5.41, 5.74) is 5.48. The first kappa shape index (κ1) is 13.9. The Hall–Kier alpha value is -1.10. The zero-order valence-electron chi connectivity index (χ0n) is 9.82. The number of amides is 1. The summed E-state index contributed by atoms with van der Waals surface area (Å²) >= 11 is 0. The Balaban J connectivity index is 4.41. The molecule has 2 N–H and O–H groups in total. The van der Waals surface area contributed by atoms with Crippen LogP contribution in [0.15, 0.2) is 0 Å². The Morgan fingerprint density at radius 1 is 1.33 bits per heavy atom. The second kappa shape index (κ2) is 6.40. The lowest BCUT2D eigenvalue weighted by Gasteiger charge is -2.27. The van der Waals surface area contributed by atoms with Crippen LogP contribution in [0.2, 0.25) is 0 Å². The number of nitrogens with two attached hydrogens (primary N) is 1. The number of ether oxygens (including phenoxy) is 1. The number of carbonyl (C=O) groups is 2. The highest BCUT2D eigenvalue weighted by Gasteiger charge is 2.22. The van der Waals surface area contributed by atoms with Gasteiger partial charge in [0.2, 0.25) is 5.91 Å². The highest BCUT2D eigenvalue weighted by molar-refractivity contribution is 5.85. The first-order chi connectivity index (χ1) is 6.90. The zero-order valence-corrected chi connectivity index (χ0v) is 9.82. The van der Waals surface area contributed by atoms with Gasteiger partial charge in [0.25, 0.3) is 0 Å². The van der Waals surface area contributed by atoms with E-state index >= 15 is 0 Å². The van der Waals surface area contributed by atoms with Crippen LogP contribution in [0.1, 0.15) is 27.7 Å². The summed E-state index contributed by atoms with van der Waals surface area (Å²) in [5, 5.41) is 0. The highest BCUT2D eigenvalue weighted by Crippen LogP contribution is 2.01. The van der Waals surface area contributed by atoms with Crippen molar-refractivity contribution in [1.82, 2.24) is 4.90 Å². The van der Waals surface area contributed by atoms with Crippen molar-refractivity contribution in [3.8, 4) is 0 Å². The van der Waals surface area contributed by atoms with Gasteiger partial charge in [0.15, 0.2) is 0 Å².